The highest BCUT2D eigenvalue weighted by Crippen LogP contribution is 2.31. The van der Waals surface area contributed by atoms with Gasteiger partial charge in [0.15, 0.2) is 0 Å². The van der Waals surface area contributed by atoms with Gasteiger partial charge in [0.2, 0.25) is 5.91 Å². The third kappa shape index (κ3) is 3.45. The molecule has 1 amide bonds. The van der Waals surface area contributed by atoms with Crippen molar-refractivity contribution in [3.63, 3.8) is 0 Å². The minimum absolute atomic E-state index is 0.0390. The van der Waals surface area contributed by atoms with Crippen LogP contribution in [0.5, 0.6) is 0 Å². The van der Waals surface area contributed by atoms with Crippen molar-refractivity contribution >= 4 is 11.7 Å². The van der Waals surface area contributed by atoms with E-state index in [4.69, 9.17) is 0 Å². The van der Waals surface area contributed by atoms with Gasteiger partial charge >= 0.3 is 6.18 Å². The number of aromatic nitrogens is 4. The Bertz CT molecular complexity index is 793. The van der Waals surface area contributed by atoms with Gasteiger partial charge in [-0.3, -0.25) is 4.79 Å². The number of rotatable bonds is 1. The Labute approximate surface area is 143 Å². The largest absolute Gasteiger partial charge is 0.453 e. The Kier molecular flexibility index (Phi) is 4.20. The van der Waals surface area contributed by atoms with Crippen LogP contribution in [0.4, 0.5) is 13.2 Å². The van der Waals surface area contributed by atoms with Gasteiger partial charge < -0.3 is 4.90 Å². The summed E-state index contributed by atoms with van der Waals surface area (Å²) in [6, 6.07) is 1.65. The molecule has 1 atom stereocenters. The molecule has 1 aliphatic heterocycles. The minimum atomic E-state index is -4.62. The third-order valence-electron chi connectivity index (χ3n) is 4.29. The lowest BCUT2D eigenvalue weighted by Crippen LogP contribution is -2.44. The van der Waals surface area contributed by atoms with Crippen LogP contribution in [-0.4, -0.2) is 43.5 Å². The van der Waals surface area contributed by atoms with Crippen LogP contribution in [-0.2, 0) is 11.0 Å². The molecule has 0 bridgehead atoms. The van der Waals surface area contributed by atoms with E-state index in [1.54, 1.807) is 11.0 Å². The Morgan fingerprint density at radius 3 is 2.64 bits per heavy atom. The predicted octanol–water partition coefficient (Wildman–Crippen LogP) is 2.90. The molecule has 0 aromatic carbocycles. The first-order valence-corrected chi connectivity index (χ1v) is 8.15. The number of nitrogens with zero attached hydrogens (tertiary/aromatic N) is 5. The van der Waals surface area contributed by atoms with Gasteiger partial charge in [-0.2, -0.15) is 18.2 Å². The molecule has 0 spiro atoms. The minimum Gasteiger partial charge on any atom is -0.342 e. The van der Waals surface area contributed by atoms with Crippen molar-refractivity contribution in [2.75, 3.05) is 13.1 Å². The Hall–Kier alpha value is -2.19. The molecule has 1 aliphatic rings. The molecule has 2 aromatic rings. The molecule has 3 rings (SSSR count). The molecule has 1 fully saturated rings. The molecular formula is C16H20F3N5O. The number of fused-ring (bicyclic) bond motifs is 1. The van der Waals surface area contributed by atoms with Gasteiger partial charge in [0.25, 0.3) is 11.6 Å². The van der Waals surface area contributed by atoms with Crippen molar-refractivity contribution in [3.8, 4) is 0 Å². The molecule has 6 nitrogen and oxygen atoms in total. The van der Waals surface area contributed by atoms with Gasteiger partial charge in [0.1, 0.15) is 0 Å². The second-order valence-corrected chi connectivity index (χ2v) is 7.35. The fourth-order valence-electron chi connectivity index (χ4n) is 3.12. The van der Waals surface area contributed by atoms with Crippen molar-refractivity contribution < 1.29 is 18.0 Å². The van der Waals surface area contributed by atoms with Crippen LogP contribution >= 0.6 is 0 Å². The Morgan fingerprint density at radius 1 is 1.28 bits per heavy atom. The highest BCUT2D eigenvalue weighted by atomic mass is 19.4. The fraction of sp³-hybridized carbons (Fsp3) is 0.625. The first-order chi connectivity index (χ1) is 11.6. The number of piperidine rings is 1. The summed E-state index contributed by atoms with van der Waals surface area (Å²) in [5, 5.41) is 3.59. The topological polar surface area (TPSA) is 63.4 Å². The maximum Gasteiger partial charge on any atom is 0.453 e. The van der Waals surface area contributed by atoms with Crippen LogP contribution in [0.15, 0.2) is 12.3 Å². The van der Waals surface area contributed by atoms with Crippen LogP contribution in [0.25, 0.3) is 5.78 Å². The average Bonchev–Trinajstić information content (AvgIpc) is 2.97. The summed E-state index contributed by atoms with van der Waals surface area (Å²) in [7, 11) is 0. The summed E-state index contributed by atoms with van der Waals surface area (Å²) >= 11 is 0. The highest BCUT2D eigenvalue weighted by Gasteiger charge is 2.37. The molecule has 1 saturated heterocycles. The lowest BCUT2D eigenvalue weighted by Gasteiger charge is -2.36. The number of alkyl halides is 3. The van der Waals surface area contributed by atoms with E-state index in [0.29, 0.717) is 18.8 Å². The van der Waals surface area contributed by atoms with Crippen LogP contribution in [0, 0.1) is 5.41 Å². The molecule has 0 unspecified atom stereocenters. The average molecular weight is 355 g/mol. The number of carbonyl (C=O) groups excluding carboxylic acids is 1. The van der Waals surface area contributed by atoms with E-state index >= 15 is 0 Å². The van der Waals surface area contributed by atoms with E-state index in [1.165, 1.54) is 6.20 Å². The van der Waals surface area contributed by atoms with Crippen LogP contribution in [0.2, 0.25) is 0 Å². The van der Waals surface area contributed by atoms with Crippen molar-refractivity contribution in [2.45, 2.75) is 45.7 Å². The number of halogens is 3. The van der Waals surface area contributed by atoms with E-state index in [1.807, 2.05) is 20.8 Å². The standard InChI is InChI=1S/C16H20F3N5O/c1-15(2,3)13(25)23-8-4-5-10(9-23)11-6-7-20-14-21-12(16(17,18)19)22-24(11)14/h6-7,10H,4-5,8-9H2,1-3H3/t10-/m0/s1. The third-order valence-corrected chi connectivity index (χ3v) is 4.29. The quantitative estimate of drug-likeness (QED) is 0.789. The molecule has 9 heteroatoms. The number of amides is 1. The summed E-state index contributed by atoms with van der Waals surface area (Å²) in [6.07, 6.45) is -1.62. The fourth-order valence-corrected chi connectivity index (χ4v) is 3.12. The lowest BCUT2D eigenvalue weighted by atomic mass is 9.90. The molecule has 25 heavy (non-hydrogen) atoms. The van der Waals surface area contributed by atoms with E-state index in [9.17, 15) is 18.0 Å². The molecular weight excluding hydrogens is 335 g/mol. The second-order valence-electron chi connectivity index (χ2n) is 7.35. The van der Waals surface area contributed by atoms with Gasteiger partial charge in [0.05, 0.1) is 5.69 Å². The summed E-state index contributed by atoms with van der Waals surface area (Å²) in [5.41, 5.74) is 0.103. The second kappa shape index (κ2) is 5.96. The first-order valence-electron chi connectivity index (χ1n) is 8.15. The zero-order valence-electron chi connectivity index (χ0n) is 14.3. The van der Waals surface area contributed by atoms with E-state index < -0.39 is 17.4 Å². The van der Waals surface area contributed by atoms with Gasteiger partial charge in [-0.25, -0.2) is 9.50 Å². The molecule has 136 valence electrons. The monoisotopic (exact) mass is 355 g/mol. The maximum atomic E-state index is 12.9. The number of likely N-dealkylation sites (tertiary alicyclic amines) is 1. The normalized spacial score (nSPS) is 19.4. The Balaban J connectivity index is 1.93. The summed E-state index contributed by atoms with van der Waals surface area (Å²) < 4.78 is 39.8. The van der Waals surface area contributed by atoms with Crippen molar-refractivity contribution in [2.24, 2.45) is 5.41 Å². The van der Waals surface area contributed by atoms with Gasteiger partial charge in [-0.1, -0.05) is 20.8 Å². The van der Waals surface area contributed by atoms with E-state index in [0.717, 1.165) is 17.4 Å². The van der Waals surface area contributed by atoms with E-state index in [-0.39, 0.29) is 17.6 Å². The first kappa shape index (κ1) is 17.6. The van der Waals surface area contributed by atoms with Crippen LogP contribution in [0.1, 0.15) is 51.0 Å². The Morgan fingerprint density at radius 2 is 2.00 bits per heavy atom. The maximum absolute atomic E-state index is 12.9. The van der Waals surface area contributed by atoms with Crippen molar-refractivity contribution in [1.82, 2.24) is 24.5 Å². The molecule has 2 aromatic heterocycles. The predicted molar refractivity (Wildman–Crippen MR) is 83.8 cm³/mol. The lowest BCUT2D eigenvalue weighted by molar-refractivity contribution is -0.144. The summed E-state index contributed by atoms with van der Waals surface area (Å²) in [5.74, 6) is -1.35. The van der Waals surface area contributed by atoms with Crippen LogP contribution < -0.4 is 0 Å². The molecule has 0 aliphatic carbocycles. The summed E-state index contributed by atoms with van der Waals surface area (Å²) in [4.78, 5) is 21.6. The molecule has 3 heterocycles. The SMILES string of the molecule is CC(C)(C)C(=O)N1CCC[C@H](c2ccnc3nc(C(F)(F)F)nn23)C1. The number of hydrogen-bond acceptors (Lipinski definition) is 4. The summed E-state index contributed by atoms with van der Waals surface area (Å²) in [6.45, 7) is 6.69. The van der Waals surface area contributed by atoms with Crippen molar-refractivity contribution in [3.05, 3.63) is 23.8 Å². The van der Waals surface area contributed by atoms with Crippen molar-refractivity contribution in [1.29, 1.82) is 0 Å². The zero-order valence-corrected chi connectivity index (χ0v) is 14.3. The van der Waals surface area contributed by atoms with Gasteiger partial charge in [-0.05, 0) is 18.9 Å². The molecule has 0 saturated carbocycles. The molecule has 0 N–H and O–H groups in total. The smallest absolute Gasteiger partial charge is 0.342 e. The number of carbonyl (C=O) groups is 1. The van der Waals surface area contributed by atoms with E-state index in [2.05, 4.69) is 15.1 Å². The molecule has 0 radical (unpaired) electrons. The zero-order chi connectivity index (χ0) is 18.4. The van der Waals surface area contributed by atoms with Gasteiger partial charge in [-0.15, -0.1) is 5.10 Å². The number of hydrogen-bond donors (Lipinski definition) is 0. The van der Waals surface area contributed by atoms with Crippen LogP contribution in [0.3, 0.4) is 0 Å². The van der Waals surface area contributed by atoms with Gasteiger partial charge in [0, 0.05) is 30.6 Å². The highest BCUT2D eigenvalue weighted by molar-refractivity contribution is 5.81.